The third-order valence-corrected chi connectivity index (χ3v) is 13.4. The molecule has 0 spiro atoms. The van der Waals surface area contributed by atoms with E-state index in [-0.39, 0.29) is 5.41 Å². The van der Waals surface area contributed by atoms with Crippen LogP contribution in [0.25, 0.3) is 55.6 Å². The molecule has 0 saturated heterocycles. The number of rotatable bonds is 7. The van der Waals surface area contributed by atoms with Gasteiger partial charge in [-0.25, -0.2) is 0 Å². The molecule has 0 fully saturated rings. The number of hydrogen-bond donors (Lipinski definition) is 0. The second-order valence-corrected chi connectivity index (χ2v) is 17.0. The van der Waals surface area contributed by atoms with Gasteiger partial charge in [-0.15, -0.1) is 0 Å². The Balaban J connectivity index is 1.07. The zero-order valence-corrected chi connectivity index (χ0v) is 34.2. The molecule has 0 bridgehead atoms. The average molecular weight is 768 g/mol. The Kier molecular flexibility index (Phi) is 8.36. The largest absolute Gasteiger partial charge is 0.310 e. The minimum Gasteiger partial charge on any atom is -0.310 e. The quantitative estimate of drug-likeness (QED) is 0.156. The predicted molar refractivity (Wildman–Crippen MR) is 252 cm³/mol. The number of hydrogen-bond acceptors (Lipinski definition) is 1. The lowest BCUT2D eigenvalue weighted by Gasteiger charge is -2.32. The fourth-order valence-electron chi connectivity index (χ4n) is 10.2. The monoisotopic (exact) mass is 767 g/mol. The Bertz CT molecular complexity index is 3050. The van der Waals surface area contributed by atoms with Crippen molar-refractivity contribution in [3.8, 4) is 55.6 Å². The van der Waals surface area contributed by atoms with Crippen LogP contribution < -0.4 is 4.90 Å². The molecule has 1 heteroatoms. The van der Waals surface area contributed by atoms with E-state index in [9.17, 15) is 0 Å². The van der Waals surface area contributed by atoms with E-state index in [0.717, 1.165) is 17.1 Å². The van der Waals surface area contributed by atoms with Crippen LogP contribution in [0, 0.1) is 0 Å². The Morgan fingerprint density at radius 2 is 0.750 bits per heavy atom. The fourth-order valence-corrected chi connectivity index (χ4v) is 10.2. The van der Waals surface area contributed by atoms with Gasteiger partial charge < -0.3 is 4.90 Å². The van der Waals surface area contributed by atoms with Gasteiger partial charge in [-0.05, 0) is 127 Å². The topological polar surface area (TPSA) is 3.24 Å². The summed E-state index contributed by atoms with van der Waals surface area (Å²) in [6, 6.07) is 80.7. The van der Waals surface area contributed by atoms with Crippen molar-refractivity contribution in [3.63, 3.8) is 0 Å². The van der Waals surface area contributed by atoms with Crippen molar-refractivity contribution < 1.29 is 0 Å². The first kappa shape index (κ1) is 35.9. The number of nitrogens with zero attached hydrogens (tertiary/aromatic N) is 1. The van der Waals surface area contributed by atoms with E-state index in [1.165, 1.54) is 83.5 Å². The molecule has 2 aliphatic rings. The lowest BCUT2D eigenvalue weighted by Crippen LogP contribution is -2.23. The summed E-state index contributed by atoms with van der Waals surface area (Å²) in [5.74, 6) is 0. The maximum absolute atomic E-state index is 2.48. The molecule has 286 valence electrons. The Morgan fingerprint density at radius 3 is 1.43 bits per heavy atom. The number of anilines is 3. The van der Waals surface area contributed by atoms with Gasteiger partial charge in [-0.3, -0.25) is 0 Å². The molecule has 0 radical (unpaired) electrons. The SMILES string of the molecule is CC1(C)c2ccccc2-c2ccc(-c3ccc4c(c3)C(C)(c3ccccc3)c3cc(N(c5ccc(-c6ccccc6)cc5)c5ccccc5-c5ccccc5)ccc3-4)cc21. The van der Waals surface area contributed by atoms with Crippen LogP contribution in [0.15, 0.2) is 218 Å². The van der Waals surface area contributed by atoms with Crippen LogP contribution in [-0.4, -0.2) is 0 Å². The van der Waals surface area contributed by atoms with Gasteiger partial charge in [0.15, 0.2) is 0 Å². The van der Waals surface area contributed by atoms with Crippen LogP contribution >= 0.6 is 0 Å². The summed E-state index contributed by atoms with van der Waals surface area (Å²) >= 11 is 0. The van der Waals surface area contributed by atoms with Crippen LogP contribution in [0.1, 0.15) is 48.6 Å². The third-order valence-electron chi connectivity index (χ3n) is 13.4. The van der Waals surface area contributed by atoms with Crippen molar-refractivity contribution in [2.24, 2.45) is 0 Å². The maximum atomic E-state index is 2.48. The van der Waals surface area contributed by atoms with Crippen LogP contribution in [0.4, 0.5) is 17.1 Å². The van der Waals surface area contributed by atoms with Crippen molar-refractivity contribution in [2.45, 2.75) is 31.6 Å². The molecule has 1 nitrogen and oxygen atoms in total. The van der Waals surface area contributed by atoms with Gasteiger partial charge in [0.2, 0.25) is 0 Å². The molecular weight excluding hydrogens is 723 g/mol. The maximum Gasteiger partial charge on any atom is 0.0540 e. The predicted octanol–water partition coefficient (Wildman–Crippen LogP) is 15.8. The molecule has 0 N–H and O–H groups in total. The zero-order chi connectivity index (χ0) is 40.4. The third kappa shape index (κ3) is 5.61. The second kappa shape index (κ2) is 14.0. The number of benzene rings is 9. The number of para-hydroxylation sites is 1. The van der Waals surface area contributed by atoms with E-state index in [4.69, 9.17) is 0 Å². The number of fused-ring (bicyclic) bond motifs is 6. The van der Waals surface area contributed by atoms with Gasteiger partial charge in [-0.2, -0.15) is 0 Å². The summed E-state index contributed by atoms with van der Waals surface area (Å²) < 4.78 is 0. The average Bonchev–Trinajstić information content (AvgIpc) is 3.70. The van der Waals surface area contributed by atoms with Gasteiger partial charge in [0, 0.05) is 27.8 Å². The Hall–Kier alpha value is -7.22. The molecule has 0 aliphatic heterocycles. The molecule has 60 heavy (non-hydrogen) atoms. The van der Waals surface area contributed by atoms with Gasteiger partial charge >= 0.3 is 0 Å². The molecule has 2 aliphatic carbocycles. The van der Waals surface area contributed by atoms with E-state index in [1.807, 2.05) is 0 Å². The minimum absolute atomic E-state index is 0.0588. The lowest BCUT2D eigenvalue weighted by molar-refractivity contribution is 0.660. The zero-order valence-electron chi connectivity index (χ0n) is 34.2. The van der Waals surface area contributed by atoms with E-state index >= 15 is 0 Å². The summed E-state index contributed by atoms with van der Waals surface area (Å²) in [4.78, 5) is 2.45. The van der Waals surface area contributed by atoms with Crippen molar-refractivity contribution in [2.75, 3.05) is 4.90 Å². The summed E-state index contributed by atoms with van der Waals surface area (Å²) in [5.41, 5.74) is 22.2. The van der Waals surface area contributed by atoms with Gasteiger partial charge in [0.05, 0.1) is 5.69 Å². The van der Waals surface area contributed by atoms with Crippen molar-refractivity contribution >= 4 is 17.1 Å². The molecule has 0 aromatic heterocycles. The molecule has 9 aromatic carbocycles. The summed E-state index contributed by atoms with van der Waals surface area (Å²) in [6.07, 6.45) is 0. The molecular formula is C59H45N. The first-order chi connectivity index (χ1) is 29.4. The van der Waals surface area contributed by atoms with Crippen molar-refractivity contribution in [3.05, 3.63) is 246 Å². The van der Waals surface area contributed by atoms with Crippen LogP contribution in [0.3, 0.4) is 0 Å². The Labute approximate surface area is 353 Å². The highest BCUT2D eigenvalue weighted by Gasteiger charge is 2.42. The summed E-state index contributed by atoms with van der Waals surface area (Å²) in [7, 11) is 0. The van der Waals surface area contributed by atoms with Crippen molar-refractivity contribution in [1.29, 1.82) is 0 Å². The van der Waals surface area contributed by atoms with Crippen LogP contribution in [-0.2, 0) is 10.8 Å². The molecule has 0 amide bonds. The van der Waals surface area contributed by atoms with E-state index in [2.05, 4.69) is 244 Å². The van der Waals surface area contributed by atoms with E-state index in [1.54, 1.807) is 0 Å². The molecule has 1 unspecified atom stereocenters. The van der Waals surface area contributed by atoms with E-state index < -0.39 is 5.41 Å². The lowest BCUT2D eigenvalue weighted by atomic mass is 9.73. The molecule has 1 atom stereocenters. The van der Waals surface area contributed by atoms with Crippen molar-refractivity contribution in [1.82, 2.24) is 0 Å². The first-order valence-electron chi connectivity index (χ1n) is 21.1. The normalized spacial score (nSPS) is 15.4. The van der Waals surface area contributed by atoms with Gasteiger partial charge in [-0.1, -0.05) is 190 Å². The highest BCUT2D eigenvalue weighted by molar-refractivity contribution is 5.93. The molecule has 0 saturated carbocycles. The van der Waals surface area contributed by atoms with Gasteiger partial charge in [0.1, 0.15) is 0 Å². The highest BCUT2D eigenvalue weighted by atomic mass is 15.1. The second-order valence-electron chi connectivity index (χ2n) is 17.0. The summed E-state index contributed by atoms with van der Waals surface area (Å²) in [6.45, 7) is 7.16. The van der Waals surface area contributed by atoms with E-state index in [0.29, 0.717) is 0 Å². The minimum atomic E-state index is -0.397. The fraction of sp³-hybridized carbons (Fsp3) is 0.0847. The Morgan fingerprint density at radius 1 is 0.300 bits per heavy atom. The van der Waals surface area contributed by atoms with Crippen LogP contribution in [0.5, 0.6) is 0 Å². The first-order valence-corrected chi connectivity index (χ1v) is 21.1. The van der Waals surface area contributed by atoms with Crippen LogP contribution in [0.2, 0.25) is 0 Å². The summed E-state index contributed by atoms with van der Waals surface area (Å²) in [5, 5.41) is 0. The highest BCUT2D eigenvalue weighted by Crippen LogP contribution is 2.56. The smallest absolute Gasteiger partial charge is 0.0540 e. The standard InChI is InChI=1S/C59H45N/c1-58(2)53-25-15-13-24-49(53)50-34-29-43(37-54(50)58)44-30-35-51-52-36-33-47(39-56(52)59(3,55(51)38-44)45-21-11-6-12-22-45)60(46-31-27-41(28-32-46)40-17-7-4-8-18-40)57-26-16-14-23-48(57)42-19-9-5-10-20-42/h4-39H,1-3H3. The molecule has 11 rings (SSSR count). The van der Waals surface area contributed by atoms with Gasteiger partial charge in [0.25, 0.3) is 0 Å². The molecule has 9 aromatic rings. The molecule has 0 heterocycles.